The molecule has 8 heteroatoms. The maximum atomic E-state index is 12.6. The summed E-state index contributed by atoms with van der Waals surface area (Å²) in [5.41, 5.74) is 6.85. The molecule has 0 spiro atoms. The van der Waals surface area contributed by atoms with Crippen LogP contribution in [0.25, 0.3) is 0 Å². The summed E-state index contributed by atoms with van der Waals surface area (Å²) in [6.07, 6.45) is 0. The number of carbonyl (C=O) groups excluding carboxylic acids is 3. The number of amides is 3. The minimum absolute atomic E-state index is 0.108. The molecule has 3 amide bonds. The van der Waals surface area contributed by atoms with E-state index in [1.807, 2.05) is 13.0 Å². The van der Waals surface area contributed by atoms with Crippen LogP contribution >= 0.6 is 0 Å². The normalized spacial score (nSPS) is 10.7. The smallest absolute Gasteiger partial charge is 0.305 e. The summed E-state index contributed by atoms with van der Waals surface area (Å²) in [6.45, 7) is 8.29. The Morgan fingerprint density at radius 3 is 2.21 bits per heavy atom. The molecule has 0 aliphatic heterocycles. The Morgan fingerprint density at radius 2 is 1.52 bits per heavy atom. The highest BCUT2D eigenvalue weighted by atomic mass is 16.4. The fourth-order valence-corrected chi connectivity index (χ4v) is 3.18. The number of hydrazine groups is 1. The molecule has 2 aromatic carbocycles. The lowest BCUT2D eigenvalue weighted by Gasteiger charge is -2.15. The molecule has 0 saturated heterocycles. The number of benzene rings is 2. The van der Waals surface area contributed by atoms with Gasteiger partial charge in [0, 0.05) is 16.8 Å². The number of rotatable bonds is 8. The molecule has 172 valence electrons. The quantitative estimate of drug-likeness (QED) is 0.455. The van der Waals surface area contributed by atoms with Gasteiger partial charge in [0.25, 0.3) is 11.8 Å². The second-order valence-electron chi connectivity index (χ2n) is 7.49. The van der Waals surface area contributed by atoms with Crippen molar-refractivity contribution >= 4 is 23.4 Å². The van der Waals surface area contributed by atoms with Crippen LogP contribution in [0.5, 0.6) is 0 Å². The molecule has 0 unspecified atom stereocenters. The first kappa shape index (κ1) is 23.7. The standard InChI is InChI=1S/C25H28N4O4/c1-4-29(5-2)16-20-13-14-22(33-20)25(32)28-27-24(31)19-12-11-17(3)21(15-19)26-23(30)18-9-7-6-8-10-18/h6-15H,4-5,16H2,1-3H3,(H,26,30)(H,27,31)(H,28,32). The van der Waals surface area contributed by atoms with Gasteiger partial charge in [0.15, 0.2) is 5.76 Å². The van der Waals surface area contributed by atoms with Gasteiger partial charge < -0.3 is 9.73 Å². The number of carbonyl (C=O) groups is 3. The molecule has 3 aromatic rings. The van der Waals surface area contributed by atoms with Crippen molar-refractivity contribution in [2.24, 2.45) is 0 Å². The molecular weight excluding hydrogens is 420 g/mol. The van der Waals surface area contributed by atoms with E-state index in [0.717, 1.165) is 18.7 Å². The summed E-state index contributed by atoms with van der Waals surface area (Å²) in [5, 5.41) is 2.82. The summed E-state index contributed by atoms with van der Waals surface area (Å²) < 4.78 is 5.59. The van der Waals surface area contributed by atoms with Gasteiger partial charge in [-0.05, 0) is 62.0 Å². The van der Waals surface area contributed by atoms with Crippen LogP contribution in [0.1, 0.15) is 56.4 Å². The third-order valence-electron chi connectivity index (χ3n) is 5.23. The van der Waals surface area contributed by atoms with Crippen molar-refractivity contribution in [2.75, 3.05) is 18.4 Å². The Labute approximate surface area is 192 Å². The minimum atomic E-state index is -0.557. The zero-order chi connectivity index (χ0) is 23.8. The SMILES string of the molecule is CCN(CC)Cc1ccc(C(=O)NNC(=O)c2ccc(C)c(NC(=O)c3ccccc3)c2)o1. The van der Waals surface area contributed by atoms with Gasteiger partial charge in [0.05, 0.1) is 6.54 Å². The van der Waals surface area contributed by atoms with Gasteiger partial charge >= 0.3 is 5.91 Å². The van der Waals surface area contributed by atoms with Gasteiger partial charge in [0.1, 0.15) is 5.76 Å². The molecule has 1 heterocycles. The molecule has 0 saturated carbocycles. The first-order valence-electron chi connectivity index (χ1n) is 10.8. The van der Waals surface area contributed by atoms with Gasteiger partial charge in [-0.15, -0.1) is 0 Å². The second-order valence-corrected chi connectivity index (χ2v) is 7.49. The van der Waals surface area contributed by atoms with Gasteiger partial charge in [-0.3, -0.25) is 30.1 Å². The lowest BCUT2D eigenvalue weighted by atomic mass is 10.1. The Balaban J connectivity index is 1.60. The third kappa shape index (κ3) is 6.30. The molecule has 8 nitrogen and oxygen atoms in total. The van der Waals surface area contributed by atoms with E-state index in [-0.39, 0.29) is 17.2 Å². The van der Waals surface area contributed by atoms with E-state index in [4.69, 9.17) is 4.42 Å². The third-order valence-corrected chi connectivity index (χ3v) is 5.23. The van der Waals surface area contributed by atoms with E-state index in [1.165, 1.54) is 0 Å². The van der Waals surface area contributed by atoms with Crippen molar-refractivity contribution in [2.45, 2.75) is 27.3 Å². The lowest BCUT2D eigenvalue weighted by Crippen LogP contribution is -2.41. The van der Waals surface area contributed by atoms with E-state index in [0.29, 0.717) is 23.6 Å². The predicted octanol–water partition coefficient (Wildman–Crippen LogP) is 3.76. The van der Waals surface area contributed by atoms with Gasteiger partial charge in [-0.1, -0.05) is 38.1 Å². The van der Waals surface area contributed by atoms with Crippen LogP contribution in [-0.2, 0) is 6.54 Å². The van der Waals surface area contributed by atoms with E-state index in [1.54, 1.807) is 54.6 Å². The van der Waals surface area contributed by atoms with Gasteiger partial charge in [-0.2, -0.15) is 0 Å². The minimum Gasteiger partial charge on any atom is -0.454 e. The maximum absolute atomic E-state index is 12.6. The summed E-state index contributed by atoms with van der Waals surface area (Å²) in [5.74, 6) is -0.570. The summed E-state index contributed by atoms with van der Waals surface area (Å²) >= 11 is 0. The summed E-state index contributed by atoms with van der Waals surface area (Å²) in [7, 11) is 0. The Morgan fingerprint density at radius 1 is 0.818 bits per heavy atom. The van der Waals surface area contributed by atoms with Crippen LogP contribution in [0.15, 0.2) is 65.1 Å². The number of aryl methyl sites for hydroxylation is 1. The average Bonchev–Trinajstić information content (AvgIpc) is 3.31. The molecule has 33 heavy (non-hydrogen) atoms. The first-order chi connectivity index (χ1) is 15.9. The monoisotopic (exact) mass is 448 g/mol. The number of hydrogen-bond donors (Lipinski definition) is 3. The number of nitrogens with one attached hydrogen (secondary N) is 3. The van der Waals surface area contributed by atoms with Crippen molar-refractivity contribution in [3.63, 3.8) is 0 Å². The zero-order valence-corrected chi connectivity index (χ0v) is 19.0. The largest absolute Gasteiger partial charge is 0.454 e. The molecule has 3 N–H and O–H groups in total. The van der Waals surface area contributed by atoms with Crippen molar-refractivity contribution in [3.8, 4) is 0 Å². The van der Waals surface area contributed by atoms with E-state index < -0.39 is 11.8 Å². The predicted molar refractivity (Wildman–Crippen MR) is 126 cm³/mol. The highest BCUT2D eigenvalue weighted by Crippen LogP contribution is 2.18. The molecule has 0 atom stereocenters. The second kappa shape index (κ2) is 11.1. The topological polar surface area (TPSA) is 104 Å². The maximum Gasteiger partial charge on any atom is 0.305 e. The Kier molecular flexibility index (Phi) is 7.99. The van der Waals surface area contributed by atoms with Crippen molar-refractivity contribution in [1.82, 2.24) is 15.8 Å². The summed E-state index contributed by atoms with van der Waals surface area (Å²) in [6, 6.07) is 17.0. The molecule has 0 aliphatic rings. The molecule has 3 rings (SSSR count). The van der Waals surface area contributed by atoms with Crippen LogP contribution in [0.3, 0.4) is 0 Å². The van der Waals surface area contributed by atoms with E-state index in [9.17, 15) is 14.4 Å². The van der Waals surface area contributed by atoms with Crippen LogP contribution in [0.2, 0.25) is 0 Å². The fraction of sp³-hybridized carbons (Fsp3) is 0.240. The molecule has 0 aliphatic carbocycles. The highest BCUT2D eigenvalue weighted by molar-refractivity contribution is 6.05. The van der Waals surface area contributed by atoms with Crippen LogP contribution in [0, 0.1) is 6.92 Å². The molecule has 0 fully saturated rings. The molecule has 0 radical (unpaired) electrons. The van der Waals surface area contributed by atoms with Crippen LogP contribution in [-0.4, -0.2) is 35.7 Å². The molecular formula is C25H28N4O4. The zero-order valence-electron chi connectivity index (χ0n) is 19.0. The number of hydrogen-bond acceptors (Lipinski definition) is 5. The van der Waals surface area contributed by atoms with E-state index >= 15 is 0 Å². The van der Waals surface area contributed by atoms with Crippen molar-refractivity contribution in [3.05, 3.63) is 88.9 Å². The Hall–Kier alpha value is -3.91. The highest BCUT2D eigenvalue weighted by Gasteiger charge is 2.15. The fourth-order valence-electron chi connectivity index (χ4n) is 3.18. The van der Waals surface area contributed by atoms with Gasteiger partial charge in [-0.25, -0.2) is 0 Å². The van der Waals surface area contributed by atoms with Crippen LogP contribution < -0.4 is 16.2 Å². The Bertz CT molecular complexity index is 1120. The summed E-state index contributed by atoms with van der Waals surface area (Å²) in [4.78, 5) is 39.5. The average molecular weight is 449 g/mol. The number of nitrogens with zero attached hydrogens (tertiary/aromatic N) is 1. The number of furan rings is 1. The first-order valence-corrected chi connectivity index (χ1v) is 10.8. The van der Waals surface area contributed by atoms with Crippen LogP contribution in [0.4, 0.5) is 5.69 Å². The van der Waals surface area contributed by atoms with E-state index in [2.05, 4.69) is 34.9 Å². The molecule has 0 bridgehead atoms. The van der Waals surface area contributed by atoms with Gasteiger partial charge in [0.2, 0.25) is 0 Å². The number of anilines is 1. The lowest BCUT2D eigenvalue weighted by molar-refractivity contribution is 0.0829. The molecule has 1 aromatic heterocycles. The van der Waals surface area contributed by atoms with Crippen molar-refractivity contribution in [1.29, 1.82) is 0 Å². The van der Waals surface area contributed by atoms with Crippen molar-refractivity contribution < 1.29 is 18.8 Å².